The van der Waals surface area contributed by atoms with E-state index in [9.17, 15) is 14.4 Å². The number of aromatic nitrogens is 2. The summed E-state index contributed by atoms with van der Waals surface area (Å²) in [5, 5.41) is 12.7. The highest BCUT2D eigenvalue weighted by molar-refractivity contribution is 5.94. The van der Waals surface area contributed by atoms with Crippen molar-refractivity contribution in [3.63, 3.8) is 0 Å². The molecule has 0 saturated carbocycles. The molecule has 0 aliphatic heterocycles. The van der Waals surface area contributed by atoms with Crippen molar-refractivity contribution in [3.8, 4) is 0 Å². The molecule has 0 aliphatic carbocycles. The molecule has 0 fully saturated rings. The lowest BCUT2D eigenvalue weighted by Gasteiger charge is -2.06. The van der Waals surface area contributed by atoms with E-state index in [-0.39, 0.29) is 6.54 Å². The highest BCUT2D eigenvalue weighted by atomic mass is 16.5. The second-order valence-corrected chi connectivity index (χ2v) is 3.71. The largest absolute Gasteiger partial charge is 0.480 e. The lowest BCUT2D eigenvalue weighted by atomic mass is 10.4. The maximum absolute atomic E-state index is 11.4. The molecule has 1 rings (SSSR count). The molecule has 0 radical (unpaired) electrons. The molecule has 0 aromatic carbocycles. The van der Waals surface area contributed by atoms with Crippen LogP contribution in [0.1, 0.15) is 11.5 Å². The van der Waals surface area contributed by atoms with Crippen LogP contribution >= 0.6 is 0 Å². The second kappa shape index (κ2) is 7.79. The van der Waals surface area contributed by atoms with Crippen LogP contribution in [0.5, 0.6) is 0 Å². The predicted octanol–water partition coefficient (Wildman–Crippen LogP) is -0.788. The number of nitrogens with zero attached hydrogens (tertiary/aromatic N) is 2. The monoisotopic (exact) mass is 282 g/mol. The molecule has 1 aromatic heterocycles. The number of carboxylic acid groups (broad SMARTS) is 1. The Bertz CT molecular complexity index is 505. The van der Waals surface area contributed by atoms with E-state index in [1.807, 2.05) is 5.32 Å². The first-order chi connectivity index (χ1) is 9.47. The highest BCUT2D eigenvalue weighted by Gasteiger charge is 2.08. The normalized spacial score (nSPS) is 9.85. The van der Waals surface area contributed by atoms with Crippen LogP contribution in [0.3, 0.4) is 0 Å². The Kier molecular flexibility index (Phi) is 6.04. The van der Waals surface area contributed by atoms with E-state index in [1.165, 1.54) is 0 Å². The van der Waals surface area contributed by atoms with Gasteiger partial charge in [-0.05, 0) is 13.0 Å². The van der Waals surface area contributed by atoms with Gasteiger partial charge < -0.3 is 15.2 Å². The Balaban J connectivity index is 2.26. The quantitative estimate of drug-likeness (QED) is 0.623. The van der Waals surface area contributed by atoms with Gasteiger partial charge in [-0.3, -0.25) is 10.1 Å². The van der Waals surface area contributed by atoms with Crippen molar-refractivity contribution < 1.29 is 24.2 Å². The zero-order chi connectivity index (χ0) is 15.0. The Labute approximate surface area is 114 Å². The number of carboxylic acids is 1. The Morgan fingerprint density at radius 1 is 1.35 bits per heavy atom. The predicted molar refractivity (Wildman–Crippen MR) is 65.6 cm³/mol. The third-order valence-electron chi connectivity index (χ3n) is 1.98. The first kappa shape index (κ1) is 15.5. The third-order valence-corrected chi connectivity index (χ3v) is 1.98. The van der Waals surface area contributed by atoms with Crippen molar-refractivity contribution in [2.45, 2.75) is 13.5 Å². The van der Waals surface area contributed by atoms with Gasteiger partial charge in [0.15, 0.2) is 0 Å². The minimum Gasteiger partial charge on any atom is -0.480 e. The molecular weight excluding hydrogens is 268 g/mol. The van der Waals surface area contributed by atoms with E-state index >= 15 is 0 Å². The fourth-order valence-electron chi connectivity index (χ4n) is 1.21. The summed E-state index contributed by atoms with van der Waals surface area (Å²) in [5.74, 6) is -1.35. The summed E-state index contributed by atoms with van der Waals surface area (Å²) in [6.07, 6.45) is 1.56. The third kappa shape index (κ3) is 6.40. The molecule has 0 aliphatic rings. The number of rotatable bonds is 6. The molecule has 0 atom stereocenters. The van der Waals surface area contributed by atoms with Gasteiger partial charge in [-0.1, -0.05) is 0 Å². The van der Waals surface area contributed by atoms with E-state index in [0.29, 0.717) is 11.5 Å². The molecule has 3 amide bonds. The van der Waals surface area contributed by atoms with Crippen LogP contribution in [-0.2, 0) is 20.9 Å². The van der Waals surface area contributed by atoms with Crippen molar-refractivity contribution in [1.29, 1.82) is 0 Å². The maximum atomic E-state index is 11.4. The number of amides is 3. The first-order valence-electron chi connectivity index (χ1n) is 5.63. The van der Waals surface area contributed by atoms with E-state index < -0.39 is 31.1 Å². The molecule has 3 N–H and O–H groups in total. The highest BCUT2D eigenvalue weighted by Crippen LogP contribution is 1.93. The number of hydrogen-bond acceptors (Lipinski definition) is 6. The van der Waals surface area contributed by atoms with Gasteiger partial charge in [0.2, 0.25) is 0 Å². The maximum Gasteiger partial charge on any atom is 0.329 e. The Morgan fingerprint density at radius 2 is 2.10 bits per heavy atom. The fourth-order valence-corrected chi connectivity index (χ4v) is 1.21. The average molecular weight is 282 g/mol. The summed E-state index contributed by atoms with van der Waals surface area (Å²) >= 11 is 0. The van der Waals surface area contributed by atoms with Gasteiger partial charge in [-0.25, -0.2) is 19.6 Å². The van der Waals surface area contributed by atoms with E-state index in [1.54, 1.807) is 19.2 Å². The summed E-state index contributed by atoms with van der Waals surface area (Å²) in [7, 11) is 0. The molecule has 0 saturated heterocycles. The molecule has 1 aromatic rings. The molecule has 0 unspecified atom stereocenters. The summed E-state index contributed by atoms with van der Waals surface area (Å²) in [4.78, 5) is 40.6. The van der Waals surface area contributed by atoms with Gasteiger partial charge in [0.25, 0.3) is 5.91 Å². The minimum absolute atomic E-state index is 0.137. The molecule has 0 bridgehead atoms. The molecule has 9 nitrogen and oxygen atoms in total. The average Bonchev–Trinajstić information content (AvgIpc) is 2.36. The van der Waals surface area contributed by atoms with Crippen LogP contribution in [0.15, 0.2) is 12.3 Å². The Hall–Kier alpha value is -2.55. The lowest BCUT2D eigenvalue weighted by Crippen LogP contribution is -2.41. The van der Waals surface area contributed by atoms with Crippen molar-refractivity contribution >= 4 is 17.9 Å². The standard InChI is InChI=1S/C11H14N4O5/c1-7-12-3-2-8(14-7)4-13-11(19)15-9(16)5-20-6-10(17)18/h2-3H,4-6H2,1H3,(H,17,18)(H2,13,15,16,19). The van der Waals surface area contributed by atoms with Gasteiger partial charge in [0.05, 0.1) is 12.2 Å². The molecule has 108 valence electrons. The van der Waals surface area contributed by atoms with Crippen LogP contribution in [0, 0.1) is 6.92 Å². The number of urea groups is 1. The van der Waals surface area contributed by atoms with E-state index in [4.69, 9.17) is 5.11 Å². The number of carbonyl (C=O) groups is 3. The van der Waals surface area contributed by atoms with Crippen molar-refractivity contribution in [2.75, 3.05) is 13.2 Å². The number of ether oxygens (including phenoxy) is 1. The number of hydrogen-bond donors (Lipinski definition) is 3. The van der Waals surface area contributed by atoms with Crippen LogP contribution in [0.25, 0.3) is 0 Å². The zero-order valence-electron chi connectivity index (χ0n) is 10.8. The number of aliphatic carboxylic acids is 1. The molecule has 1 heterocycles. The molecule has 9 heteroatoms. The lowest BCUT2D eigenvalue weighted by molar-refractivity contribution is -0.143. The Morgan fingerprint density at radius 3 is 2.75 bits per heavy atom. The summed E-state index contributed by atoms with van der Waals surface area (Å²) in [5.41, 5.74) is 0.599. The number of imide groups is 1. The fraction of sp³-hybridized carbons (Fsp3) is 0.364. The molecule has 20 heavy (non-hydrogen) atoms. The minimum atomic E-state index is -1.19. The number of aryl methyl sites for hydroxylation is 1. The first-order valence-corrected chi connectivity index (χ1v) is 5.63. The van der Waals surface area contributed by atoms with Crippen LogP contribution in [0.4, 0.5) is 4.79 Å². The van der Waals surface area contributed by atoms with Gasteiger partial charge in [-0.15, -0.1) is 0 Å². The van der Waals surface area contributed by atoms with Crippen LogP contribution < -0.4 is 10.6 Å². The van der Waals surface area contributed by atoms with Crippen molar-refractivity contribution in [1.82, 2.24) is 20.6 Å². The SMILES string of the molecule is Cc1nccc(CNC(=O)NC(=O)COCC(=O)O)n1. The van der Waals surface area contributed by atoms with E-state index in [2.05, 4.69) is 20.0 Å². The number of carbonyl (C=O) groups excluding carboxylic acids is 2. The van der Waals surface area contributed by atoms with Gasteiger partial charge in [-0.2, -0.15) is 0 Å². The van der Waals surface area contributed by atoms with Crippen LogP contribution in [0.2, 0.25) is 0 Å². The van der Waals surface area contributed by atoms with Crippen molar-refractivity contribution in [3.05, 3.63) is 23.8 Å². The zero-order valence-corrected chi connectivity index (χ0v) is 10.8. The van der Waals surface area contributed by atoms with Gasteiger partial charge >= 0.3 is 12.0 Å². The summed E-state index contributed by atoms with van der Waals surface area (Å²) in [6.45, 7) is 0.743. The smallest absolute Gasteiger partial charge is 0.329 e. The number of nitrogens with one attached hydrogen (secondary N) is 2. The van der Waals surface area contributed by atoms with Gasteiger partial charge in [0, 0.05) is 6.20 Å². The summed E-state index contributed by atoms with van der Waals surface area (Å²) in [6, 6.07) is 0.913. The van der Waals surface area contributed by atoms with Gasteiger partial charge in [0.1, 0.15) is 19.0 Å². The summed E-state index contributed by atoms with van der Waals surface area (Å²) < 4.78 is 4.52. The van der Waals surface area contributed by atoms with E-state index in [0.717, 1.165) is 0 Å². The molecular formula is C11H14N4O5. The van der Waals surface area contributed by atoms with Crippen molar-refractivity contribution in [2.24, 2.45) is 0 Å². The van der Waals surface area contributed by atoms with Crippen LogP contribution in [-0.4, -0.2) is 46.2 Å². The second-order valence-electron chi connectivity index (χ2n) is 3.71. The topological polar surface area (TPSA) is 131 Å². The molecule has 0 spiro atoms.